The highest BCUT2D eigenvalue weighted by molar-refractivity contribution is 6.33. The van der Waals surface area contributed by atoms with E-state index < -0.39 is 5.97 Å². The van der Waals surface area contributed by atoms with Crippen molar-refractivity contribution < 1.29 is 14.6 Å². The maximum atomic E-state index is 11.0. The number of ether oxygens (including phenoxy) is 1. The fourth-order valence-electron chi connectivity index (χ4n) is 1.61. The van der Waals surface area contributed by atoms with E-state index in [0.717, 1.165) is 11.4 Å². The molecule has 1 heterocycles. The maximum absolute atomic E-state index is 11.0. The van der Waals surface area contributed by atoms with Crippen LogP contribution < -0.4 is 10.1 Å². The Balaban J connectivity index is 2.17. The molecule has 0 aliphatic rings. The summed E-state index contributed by atoms with van der Waals surface area (Å²) in [6, 6.07) is 10.4. The van der Waals surface area contributed by atoms with E-state index in [4.69, 9.17) is 21.4 Å². The van der Waals surface area contributed by atoms with Gasteiger partial charge in [0.15, 0.2) is 5.69 Å². The van der Waals surface area contributed by atoms with Crippen LogP contribution in [0.1, 0.15) is 17.4 Å². The molecule has 2 N–H and O–H groups in total. The van der Waals surface area contributed by atoms with Crippen LogP contribution in [0.2, 0.25) is 5.02 Å². The number of pyridine rings is 1. The number of nitrogens with one attached hydrogen (secondary N) is 1. The van der Waals surface area contributed by atoms with Gasteiger partial charge in [-0.1, -0.05) is 11.6 Å². The van der Waals surface area contributed by atoms with E-state index in [1.165, 1.54) is 6.07 Å². The van der Waals surface area contributed by atoms with Gasteiger partial charge in [0.25, 0.3) is 0 Å². The average Bonchev–Trinajstić information content (AvgIpc) is 2.43. The van der Waals surface area contributed by atoms with Crippen LogP contribution in [0.5, 0.6) is 5.75 Å². The average molecular weight is 293 g/mol. The zero-order valence-corrected chi connectivity index (χ0v) is 11.5. The van der Waals surface area contributed by atoms with Gasteiger partial charge >= 0.3 is 5.97 Å². The summed E-state index contributed by atoms with van der Waals surface area (Å²) in [5.74, 6) is 0.0228. The predicted octanol–water partition coefficient (Wildman–Crippen LogP) is 3.58. The number of anilines is 2. The lowest BCUT2D eigenvalue weighted by Crippen LogP contribution is -2.04. The van der Waals surface area contributed by atoms with Gasteiger partial charge in [0.05, 0.1) is 11.6 Å². The SMILES string of the molecule is CCOc1ccc(Nc2ccc(Cl)c(C(=O)O)n2)cc1. The van der Waals surface area contributed by atoms with Crippen LogP contribution in [0.4, 0.5) is 11.5 Å². The molecule has 6 heteroatoms. The molecule has 1 aromatic heterocycles. The monoisotopic (exact) mass is 292 g/mol. The number of nitrogens with zero attached hydrogens (tertiary/aromatic N) is 1. The zero-order chi connectivity index (χ0) is 14.5. The minimum absolute atomic E-state index is 0.106. The number of rotatable bonds is 5. The van der Waals surface area contributed by atoms with Gasteiger partial charge < -0.3 is 15.2 Å². The van der Waals surface area contributed by atoms with Gasteiger partial charge in [-0.25, -0.2) is 9.78 Å². The summed E-state index contributed by atoms with van der Waals surface area (Å²) in [7, 11) is 0. The number of carboxylic acid groups (broad SMARTS) is 1. The number of aromatic nitrogens is 1. The molecular formula is C14H13ClN2O3. The molecule has 0 spiro atoms. The molecule has 1 aromatic carbocycles. The molecule has 0 aliphatic heterocycles. The molecule has 0 saturated carbocycles. The third kappa shape index (κ3) is 3.39. The van der Waals surface area contributed by atoms with Crippen LogP contribution in [-0.4, -0.2) is 22.7 Å². The minimum Gasteiger partial charge on any atom is -0.494 e. The molecule has 0 radical (unpaired) electrons. The Kier molecular flexibility index (Phi) is 4.42. The molecule has 0 atom stereocenters. The Morgan fingerprint density at radius 3 is 2.60 bits per heavy atom. The largest absolute Gasteiger partial charge is 0.494 e. The summed E-state index contributed by atoms with van der Waals surface area (Å²) in [6.07, 6.45) is 0. The minimum atomic E-state index is -1.16. The summed E-state index contributed by atoms with van der Waals surface area (Å²) < 4.78 is 5.34. The molecular weight excluding hydrogens is 280 g/mol. The third-order valence-electron chi connectivity index (χ3n) is 2.49. The van der Waals surface area contributed by atoms with Gasteiger partial charge in [0.1, 0.15) is 11.6 Å². The van der Waals surface area contributed by atoms with Crippen LogP contribution in [0.25, 0.3) is 0 Å². The van der Waals surface area contributed by atoms with Crippen molar-refractivity contribution in [3.8, 4) is 5.75 Å². The van der Waals surface area contributed by atoms with Gasteiger partial charge in [-0.2, -0.15) is 0 Å². The number of hydrogen-bond donors (Lipinski definition) is 2. The van der Waals surface area contributed by atoms with E-state index in [1.54, 1.807) is 6.07 Å². The van der Waals surface area contributed by atoms with Crippen molar-refractivity contribution in [1.82, 2.24) is 4.98 Å². The lowest BCUT2D eigenvalue weighted by atomic mass is 10.3. The number of carbonyl (C=O) groups is 1. The Bertz CT molecular complexity index is 614. The molecule has 0 aliphatic carbocycles. The number of aromatic carboxylic acids is 1. The smallest absolute Gasteiger partial charge is 0.356 e. The molecule has 5 nitrogen and oxygen atoms in total. The molecule has 0 bridgehead atoms. The summed E-state index contributed by atoms with van der Waals surface area (Å²) in [4.78, 5) is 14.9. The van der Waals surface area contributed by atoms with Gasteiger partial charge in [-0.05, 0) is 43.3 Å². The van der Waals surface area contributed by atoms with E-state index in [1.807, 2.05) is 31.2 Å². The maximum Gasteiger partial charge on any atom is 0.356 e. The molecule has 0 amide bonds. The fraction of sp³-hybridized carbons (Fsp3) is 0.143. The van der Waals surface area contributed by atoms with E-state index >= 15 is 0 Å². The predicted molar refractivity (Wildman–Crippen MR) is 77.1 cm³/mol. The molecule has 104 valence electrons. The van der Waals surface area contributed by atoms with Crippen molar-refractivity contribution in [2.24, 2.45) is 0 Å². The van der Waals surface area contributed by atoms with Crippen LogP contribution in [0.3, 0.4) is 0 Å². The number of hydrogen-bond acceptors (Lipinski definition) is 4. The van der Waals surface area contributed by atoms with Crippen LogP contribution in [-0.2, 0) is 0 Å². The van der Waals surface area contributed by atoms with Gasteiger partial charge in [-0.15, -0.1) is 0 Å². The number of benzene rings is 1. The summed E-state index contributed by atoms with van der Waals surface area (Å²) >= 11 is 5.76. The Morgan fingerprint density at radius 1 is 1.30 bits per heavy atom. The molecule has 0 saturated heterocycles. The second-order valence-corrected chi connectivity index (χ2v) is 4.32. The lowest BCUT2D eigenvalue weighted by Gasteiger charge is -2.08. The first-order valence-corrected chi connectivity index (χ1v) is 6.37. The first-order chi connectivity index (χ1) is 9.60. The molecule has 0 fully saturated rings. The second-order valence-electron chi connectivity index (χ2n) is 3.91. The molecule has 0 unspecified atom stereocenters. The third-order valence-corrected chi connectivity index (χ3v) is 2.79. The van der Waals surface area contributed by atoms with Gasteiger partial charge in [-0.3, -0.25) is 0 Å². The highest BCUT2D eigenvalue weighted by Gasteiger charge is 2.11. The normalized spacial score (nSPS) is 10.1. The van der Waals surface area contributed by atoms with Crippen LogP contribution in [0, 0.1) is 0 Å². The Morgan fingerprint density at radius 2 is 2.00 bits per heavy atom. The fourth-order valence-corrected chi connectivity index (χ4v) is 1.80. The Labute approximate surface area is 121 Å². The highest BCUT2D eigenvalue weighted by Crippen LogP contribution is 2.21. The topological polar surface area (TPSA) is 71.5 Å². The van der Waals surface area contributed by atoms with E-state index in [9.17, 15) is 4.79 Å². The first kappa shape index (κ1) is 14.1. The zero-order valence-electron chi connectivity index (χ0n) is 10.8. The van der Waals surface area contributed by atoms with Crippen molar-refractivity contribution in [2.75, 3.05) is 11.9 Å². The quantitative estimate of drug-likeness (QED) is 0.881. The van der Waals surface area contributed by atoms with Gasteiger partial charge in [0, 0.05) is 5.69 Å². The van der Waals surface area contributed by atoms with Crippen molar-refractivity contribution >= 4 is 29.1 Å². The number of halogens is 1. The van der Waals surface area contributed by atoms with E-state index in [2.05, 4.69) is 10.3 Å². The van der Waals surface area contributed by atoms with E-state index in [0.29, 0.717) is 12.4 Å². The van der Waals surface area contributed by atoms with Crippen LogP contribution >= 0.6 is 11.6 Å². The highest BCUT2D eigenvalue weighted by atomic mass is 35.5. The second kappa shape index (κ2) is 6.25. The van der Waals surface area contributed by atoms with Crippen molar-refractivity contribution in [3.63, 3.8) is 0 Å². The molecule has 2 aromatic rings. The molecule has 20 heavy (non-hydrogen) atoms. The Hall–Kier alpha value is -2.27. The first-order valence-electron chi connectivity index (χ1n) is 6.00. The summed E-state index contributed by atoms with van der Waals surface area (Å²) in [5, 5.41) is 12.1. The van der Waals surface area contributed by atoms with Gasteiger partial charge in [0.2, 0.25) is 0 Å². The standard InChI is InChI=1S/C14H13ClN2O3/c1-2-20-10-5-3-9(4-6-10)16-12-8-7-11(15)13(17-12)14(18)19/h3-8H,2H2,1H3,(H,16,17)(H,18,19). The van der Waals surface area contributed by atoms with Crippen LogP contribution in [0.15, 0.2) is 36.4 Å². The van der Waals surface area contributed by atoms with Crippen molar-refractivity contribution in [2.45, 2.75) is 6.92 Å². The van der Waals surface area contributed by atoms with Crippen molar-refractivity contribution in [1.29, 1.82) is 0 Å². The van der Waals surface area contributed by atoms with E-state index in [-0.39, 0.29) is 10.7 Å². The van der Waals surface area contributed by atoms with Crippen molar-refractivity contribution in [3.05, 3.63) is 47.1 Å². The summed E-state index contributed by atoms with van der Waals surface area (Å²) in [5.41, 5.74) is 0.599. The lowest BCUT2D eigenvalue weighted by molar-refractivity contribution is 0.0691. The summed E-state index contributed by atoms with van der Waals surface area (Å²) in [6.45, 7) is 2.52. The molecule has 2 rings (SSSR count). The number of carboxylic acids is 1.